The van der Waals surface area contributed by atoms with E-state index >= 15 is 0 Å². The van der Waals surface area contributed by atoms with Gasteiger partial charge in [0.25, 0.3) is 0 Å². The van der Waals surface area contributed by atoms with Crippen molar-refractivity contribution in [2.45, 2.75) is 6.36 Å². The summed E-state index contributed by atoms with van der Waals surface area (Å²) >= 11 is 5.81. The molecular formula is C12H7ClF3NO2. The largest absolute Gasteiger partial charge is 0.573 e. The quantitative estimate of drug-likeness (QED) is 0.858. The Kier molecular flexibility index (Phi) is 3.53. The summed E-state index contributed by atoms with van der Waals surface area (Å²) in [4.78, 5) is 13.3. The van der Waals surface area contributed by atoms with Crippen molar-refractivity contribution in [1.82, 2.24) is 4.98 Å². The van der Waals surface area contributed by atoms with Crippen LogP contribution in [0.15, 0.2) is 41.2 Å². The third-order valence-corrected chi connectivity index (χ3v) is 2.57. The molecule has 2 aromatic rings. The lowest BCUT2D eigenvalue weighted by molar-refractivity contribution is -0.274. The maximum Gasteiger partial charge on any atom is 0.573 e. The monoisotopic (exact) mass is 289 g/mol. The number of H-pyrrole nitrogens is 1. The van der Waals surface area contributed by atoms with Crippen LogP contribution in [0.4, 0.5) is 13.2 Å². The highest BCUT2D eigenvalue weighted by atomic mass is 35.5. The number of para-hydroxylation sites is 1. The molecule has 0 aliphatic heterocycles. The number of rotatable bonds is 2. The molecule has 7 heteroatoms. The first-order chi connectivity index (χ1) is 8.87. The summed E-state index contributed by atoms with van der Waals surface area (Å²) in [5, 5.41) is -0.0503. The summed E-state index contributed by atoms with van der Waals surface area (Å²) in [7, 11) is 0. The van der Waals surface area contributed by atoms with Gasteiger partial charge in [0.2, 0.25) is 5.56 Å². The van der Waals surface area contributed by atoms with Gasteiger partial charge in [0.15, 0.2) is 0 Å². The minimum atomic E-state index is -4.80. The lowest BCUT2D eigenvalue weighted by Crippen LogP contribution is -2.17. The fourth-order valence-electron chi connectivity index (χ4n) is 1.56. The molecule has 0 aliphatic carbocycles. The fourth-order valence-corrected chi connectivity index (χ4v) is 1.82. The van der Waals surface area contributed by atoms with Crippen molar-refractivity contribution < 1.29 is 17.9 Å². The zero-order chi connectivity index (χ0) is 14.0. The Morgan fingerprint density at radius 2 is 1.74 bits per heavy atom. The van der Waals surface area contributed by atoms with E-state index in [1.807, 2.05) is 0 Å². The smallest absolute Gasteiger partial charge is 0.405 e. The average molecular weight is 290 g/mol. The van der Waals surface area contributed by atoms with Crippen molar-refractivity contribution in [3.05, 3.63) is 51.9 Å². The molecule has 2 rings (SSSR count). The SMILES string of the molecule is O=c1ccc(-c2ccccc2OC(F)(F)F)c(Cl)[nH]1. The standard InChI is InChI=1S/C12H7ClF3NO2/c13-11-8(5-6-10(18)17-11)7-3-1-2-4-9(7)19-12(14,15)16/h1-6H,(H,17,18). The van der Waals surface area contributed by atoms with Crippen molar-refractivity contribution in [3.8, 4) is 16.9 Å². The number of hydrogen-bond acceptors (Lipinski definition) is 2. The average Bonchev–Trinajstić information content (AvgIpc) is 2.28. The van der Waals surface area contributed by atoms with E-state index in [9.17, 15) is 18.0 Å². The van der Waals surface area contributed by atoms with E-state index in [1.165, 1.54) is 30.3 Å². The van der Waals surface area contributed by atoms with Crippen LogP contribution in [0.25, 0.3) is 11.1 Å². The Labute approximate surface area is 110 Å². The van der Waals surface area contributed by atoms with Gasteiger partial charge >= 0.3 is 6.36 Å². The molecule has 0 saturated heterocycles. The molecule has 0 bridgehead atoms. The van der Waals surface area contributed by atoms with Crippen LogP contribution in [0.3, 0.4) is 0 Å². The zero-order valence-corrected chi connectivity index (χ0v) is 10.0. The zero-order valence-electron chi connectivity index (χ0n) is 9.29. The number of hydrogen-bond donors (Lipinski definition) is 1. The number of halogens is 4. The fraction of sp³-hybridized carbons (Fsp3) is 0.0833. The van der Waals surface area contributed by atoms with Crippen molar-refractivity contribution in [2.24, 2.45) is 0 Å². The number of aromatic amines is 1. The van der Waals surface area contributed by atoms with E-state index in [1.54, 1.807) is 6.07 Å². The van der Waals surface area contributed by atoms with Crippen molar-refractivity contribution in [1.29, 1.82) is 0 Å². The van der Waals surface area contributed by atoms with Gasteiger partial charge in [-0.25, -0.2) is 0 Å². The lowest BCUT2D eigenvalue weighted by Gasteiger charge is -2.13. The van der Waals surface area contributed by atoms with Gasteiger partial charge in [-0.05, 0) is 12.1 Å². The number of aromatic nitrogens is 1. The number of nitrogens with one attached hydrogen (secondary N) is 1. The Hall–Kier alpha value is -1.95. The van der Waals surface area contributed by atoms with Crippen LogP contribution in [-0.4, -0.2) is 11.3 Å². The van der Waals surface area contributed by atoms with E-state index in [4.69, 9.17) is 11.6 Å². The van der Waals surface area contributed by atoms with Gasteiger partial charge < -0.3 is 9.72 Å². The number of pyridine rings is 1. The molecule has 0 spiro atoms. The summed E-state index contributed by atoms with van der Waals surface area (Å²) in [6, 6.07) is 8.04. The van der Waals surface area contributed by atoms with Crippen LogP contribution >= 0.6 is 11.6 Å². The van der Waals surface area contributed by atoms with Gasteiger partial charge in [-0.2, -0.15) is 0 Å². The molecule has 3 nitrogen and oxygen atoms in total. The van der Waals surface area contributed by atoms with Crippen LogP contribution < -0.4 is 10.3 Å². The van der Waals surface area contributed by atoms with Crippen molar-refractivity contribution in [2.75, 3.05) is 0 Å². The Balaban J connectivity index is 2.53. The van der Waals surface area contributed by atoms with E-state index in [0.717, 1.165) is 0 Å². The van der Waals surface area contributed by atoms with E-state index < -0.39 is 11.9 Å². The molecule has 0 atom stereocenters. The summed E-state index contributed by atoms with van der Waals surface area (Å²) < 4.78 is 40.8. The highest BCUT2D eigenvalue weighted by Crippen LogP contribution is 2.35. The molecule has 1 heterocycles. The Morgan fingerprint density at radius 1 is 1.05 bits per heavy atom. The van der Waals surface area contributed by atoms with Crippen LogP contribution in [0, 0.1) is 0 Å². The summed E-state index contributed by atoms with van der Waals surface area (Å²) in [6.07, 6.45) is -4.80. The third kappa shape index (κ3) is 3.29. The second kappa shape index (κ2) is 4.97. The molecule has 100 valence electrons. The molecule has 19 heavy (non-hydrogen) atoms. The topological polar surface area (TPSA) is 42.1 Å². The second-order valence-corrected chi connectivity index (χ2v) is 3.97. The minimum Gasteiger partial charge on any atom is -0.405 e. The molecule has 0 saturated carbocycles. The molecule has 1 aromatic heterocycles. The second-order valence-electron chi connectivity index (χ2n) is 3.59. The predicted molar refractivity (Wildman–Crippen MR) is 64.2 cm³/mol. The first-order valence-corrected chi connectivity index (χ1v) is 5.48. The Morgan fingerprint density at radius 3 is 2.37 bits per heavy atom. The van der Waals surface area contributed by atoms with E-state index in [0.29, 0.717) is 0 Å². The van der Waals surface area contributed by atoms with Gasteiger partial charge in [0.05, 0.1) is 0 Å². The Bertz CT molecular complexity index is 652. The third-order valence-electron chi connectivity index (χ3n) is 2.27. The maximum atomic E-state index is 12.3. The predicted octanol–water partition coefficient (Wildman–Crippen LogP) is 3.59. The van der Waals surface area contributed by atoms with Crippen molar-refractivity contribution >= 4 is 11.6 Å². The van der Waals surface area contributed by atoms with Gasteiger partial charge in [0.1, 0.15) is 10.9 Å². The number of benzene rings is 1. The molecule has 0 aliphatic rings. The molecule has 0 fully saturated rings. The lowest BCUT2D eigenvalue weighted by atomic mass is 10.1. The molecule has 0 amide bonds. The minimum absolute atomic E-state index is 0.0503. The van der Waals surface area contributed by atoms with Gasteiger partial charge in [0, 0.05) is 17.2 Å². The van der Waals surface area contributed by atoms with Crippen LogP contribution in [0.5, 0.6) is 5.75 Å². The first kappa shape index (κ1) is 13.5. The van der Waals surface area contributed by atoms with E-state index in [-0.39, 0.29) is 22.0 Å². The first-order valence-electron chi connectivity index (χ1n) is 5.11. The molecule has 0 unspecified atom stereocenters. The maximum absolute atomic E-state index is 12.3. The highest BCUT2D eigenvalue weighted by molar-refractivity contribution is 6.32. The van der Waals surface area contributed by atoms with Crippen molar-refractivity contribution in [3.63, 3.8) is 0 Å². The van der Waals surface area contributed by atoms with E-state index in [2.05, 4.69) is 9.72 Å². The molecular weight excluding hydrogens is 283 g/mol. The van der Waals surface area contributed by atoms with Gasteiger partial charge in [-0.1, -0.05) is 29.8 Å². The summed E-state index contributed by atoms with van der Waals surface area (Å²) in [5.41, 5.74) is -0.0508. The number of ether oxygens (including phenoxy) is 1. The van der Waals surface area contributed by atoms with Crippen LogP contribution in [-0.2, 0) is 0 Å². The summed E-state index contributed by atoms with van der Waals surface area (Å²) in [6.45, 7) is 0. The van der Waals surface area contributed by atoms with Crippen LogP contribution in [0.1, 0.15) is 0 Å². The normalized spacial score (nSPS) is 11.4. The molecule has 0 radical (unpaired) electrons. The molecule has 1 aromatic carbocycles. The highest BCUT2D eigenvalue weighted by Gasteiger charge is 2.32. The summed E-state index contributed by atoms with van der Waals surface area (Å²) in [5.74, 6) is -0.385. The van der Waals surface area contributed by atoms with Gasteiger partial charge in [-0.15, -0.1) is 13.2 Å². The van der Waals surface area contributed by atoms with Gasteiger partial charge in [-0.3, -0.25) is 4.79 Å². The molecule has 1 N–H and O–H groups in total. The number of alkyl halides is 3. The van der Waals surface area contributed by atoms with Crippen LogP contribution in [0.2, 0.25) is 5.15 Å².